The van der Waals surface area contributed by atoms with Crippen molar-refractivity contribution in [3.05, 3.63) is 34.2 Å². The van der Waals surface area contributed by atoms with E-state index in [0.717, 1.165) is 0 Å². The second kappa shape index (κ2) is 2.77. The third-order valence-electron chi connectivity index (χ3n) is 2.24. The first kappa shape index (κ1) is 8.62. The van der Waals surface area contributed by atoms with Crippen molar-refractivity contribution in [1.82, 2.24) is 4.98 Å². The van der Waals surface area contributed by atoms with Crippen LogP contribution in [0.3, 0.4) is 0 Å². The van der Waals surface area contributed by atoms with Crippen LogP contribution in [0.2, 0.25) is 0 Å². The van der Waals surface area contributed by atoms with Crippen LogP contribution in [0.15, 0.2) is 23.0 Å². The molecule has 0 fully saturated rings. The van der Waals surface area contributed by atoms with Crippen molar-refractivity contribution in [3.8, 4) is 5.75 Å². The van der Waals surface area contributed by atoms with Gasteiger partial charge in [-0.15, -0.1) is 0 Å². The number of rotatable bonds is 0. The fourth-order valence-electron chi connectivity index (χ4n) is 1.46. The predicted molar refractivity (Wildman–Crippen MR) is 55.4 cm³/mol. The summed E-state index contributed by atoms with van der Waals surface area (Å²) >= 11 is 0. The number of pyridine rings is 1. The number of phenolic OH excluding ortho intramolecular Hbond substituents is 1. The standard InChI is InChI=1S/C10H10N2O2/c1-5-9(11)7-3-2-6(13)4-8(7)10(14)12-5/h2-4,13H,11H2,1H3,(H,12,14). The molecule has 1 aromatic heterocycles. The van der Waals surface area contributed by atoms with Gasteiger partial charge in [-0.3, -0.25) is 4.79 Å². The highest BCUT2D eigenvalue weighted by atomic mass is 16.3. The number of fused-ring (bicyclic) bond motifs is 1. The molecule has 0 saturated carbocycles. The van der Waals surface area contributed by atoms with Crippen molar-refractivity contribution in [2.75, 3.05) is 5.73 Å². The number of nitrogens with two attached hydrogens (primary N) is 1. The van der Waals surface area contributed by atoms with Crippen molar-refractivity contribution in [3.63, 3.8) is 0 Å². The average Bonchev–Trinajstić information content (AvgIpc) is 2.14. The van der Waals surface area contributed by atoms with Gasteiger partial charge in [0.1, 0.15) is 5.75 Å². The molecule has 0 atom stereocenters. The topological polar surface area (TPSA) is 79.1 Å². The number of nitrogens with one attached hydrogen (secondary N) is 1. The van der Waals surface area contributed by atoms with Crippen LogP contribution in [0.5, 0.6) is 5.75 Å². The molecule has 0 aliphatic carbocycles. The third kappa shape index (κ3) is 1.12. The molecule has 72 valence electrons. The molecule has 0 aliphatic heterocycles. The molecule has 0 amide bonds. The summed E-state index contributed by atoms with van der Waals surface area (Å²) in [6, 6.07) is 4.56. The second-order valence-corrected chi connectivity index (χ2v) is 3.22. The Morgan fingerprint density at radius 3 is 2.79 bits per heavy atom. The van der Waals surface area contributed by atoms with Crippen LogP contribution < -0.4 is 11.3 Å². The lowest BCUT2D eigenvalue weighted by molar-refractivity contribution is 0.476. The quantitative estimate of drug-likeness (QED) is 0.582. The van der Waals surface area contributed by atoms with Crippen molar-refractivity contribution >= 4 is 16.5 Å². The van der Waals surface area contributed by atoms with Crippen molar-refractivity contribution in [1.29, 1.82) is 0 Å². The zero-order valence-corrected chi connectivity index (χ0v) is 7.66. The zero-order valence-electron chi connectivity index (χ0n) is 7.66. The van der Waals surface area contributed by atoms with Gasteiger partial charge in [0.15, 0.2) is 0 Å². The Hall–Kier alpha value is -1.97. The Kier molecular flexibility index (Phi) is 1.70. The number of aromatic amines is 1. The maximum Gasteiger partial charge on any atom is 0.256 e. The molecule has 0 unspecified atom stereocenters. The van der Waals surface area contributed by atoms with E-state index in [-0.39, 0.29) is 11.3 Å². The summed E-state index contributed by atoms with van der Waals surface area (Å²) < 4.78 is 0. The molecule has 4 heteroatoms. The van der Waals surface area contributed by atoms with E-state index < -0.39 is 0 Å². The number of hydrogen-bond donors (Lipinski definition) is 3. The Bertz CT molecular complexity index is 558. The Morgan fingerprint density at radius 2 is 2.07 bits per heavy atom. The third-order valence-corrected chi connectivity index (χ3v) is 2.24. The smallest absolute Gasteiger partial charge is 0.256 e. The number of aryl methyl sites for hydroxylation is 1. The largest absolute Gasteiger partial charge is 0.508 e. The van der Waals surface area contributed by atoms with Gasteiger partial charge in [0, 0.05) is 11.1 Å². The van der Waals surface area contributed by atoms with Crippen LogP contribution in [-0.2, 0) is 0 Å². The van der Waals surface area contributed by atoms with Gasteiger partial charge in [0.25, 0.3) is 5.56 Å². The van der Waals surface area contributed by atoms with E-state index in [1.807, 2.05) is 0 Å². The van der Waals surface area contributed by atoms with Crippen molar-refractivity contribution in [2.24, 2.45) is 0 Å². The van der Waals surface area contributed by atoms with Gasteiger partial charge in [0.2, 0.25) is 0 Å². The van der Waals surface area contributed by atoms with E-state index in [4.69, 9.17) is 5.73 Å². The van der Waals surface area contributed by atoms with Crippen LogP contribution in [0.1, 0.15) is 5.69 Å². The highest BCUT2D eigenvalue weighted by molar-refractivity contribution is 5.93. The predicted octanol–water partition coefficient (Wildman–Crippen LogP) is 1.12. The first-order valence-electron chi connectivity index (χ1n) is 4.20. The molecule has 4 nitrogen and oxygen atoms in total. The molecule has 4 N–H and O–H groups in total. The molecule has 0 saturated heterocycles. The summed E-state index contributed by atoms with van der Waals surface area (Å²) in [5.41, 5.74) is 6.74. The van der Waals surface area contributed by atoms with E-state index in [2.05, 4.69) is 4.98 Å². The fourth-order valence-corrected chi connectivity index (χ4v) is 1.46. The molecule has 0 radical (unpaired) electrons. The number of phenols is 1. The highest BCUT2D eigenvalue weighted by Crippen LogP contribution is 2.23. The van der Waals surface area contributed by atoms with Crippen LogP contribution in [0, 0.1) is 6.92 Å². The normalized spacial score (nSPS) is 10.6. The van der Waals surface area contributed by atoms with Gasteiger partial charge >= 0.3 is 0 Å². The average molecular weight is 190 g/mol. The summed E-state index contributed by atoms with van der Waals surface area (Å²) in [5, 5.41) is 10.3. The molecule has 0 spiro atoms. The lowest BCUT2D eigenvalue weighted by Crippen LogP contribution is -2.10. The van der Waals surface area contributed by atoms with Gasteiger partial charge in [-0.2, -0.15) is 0 Å². The van der Waals surface area contributed by atoms with Crippen LogP contribution >= 0.6 is 0 Å². The molecule has 2 aromatic rings. The zero-order chi connectivity index (χ0) is 10.3. The summed E-state index contributed by atoms with van der Waals surface area (Å²) in [6.07, 6.45) is 0. The van der Waals surface area contributed by atoms with Gasteiger partial charge in [0.05, 0.1) is 11.1 Å². The van der Waals surface area contributed by atoms with Crippen molar-refractivity contribution < 1.29 is 5.11 Å². The number of anilines is 1. The minimum atomic E-state index is -0.234. The number of hydrogen-bond acceptors (Lipinski definition) is 3. The highest BCUT2D eigenvalue weighted by Gasteiger charge is 2.05. The monoisotopic (exact) mass is 190 g/mol. The lowest BCUT2D eigenvalue weighted by Gasteiger charge is -2.04. The van der Waals surface area contributed by atoms with Gasteiger partial charge in [-0.05, 0) is 25.1 Å². The first-order valence-corrected chi connectivity index (χ1v) is 4.20. The van der Waals surface area contributed by atoms with E-state index >= 15 is 0 Å². The Balaban J connectivity index is 3.02. The number of aromatic nitrogens is 1. The molecular weight excluding hydrogens is 180 g/mol. The van der Waals surface area contributed by atoms with E-state index in [1.165, 1.54) is 12.1 Å². The van der Waals surface area contributed by atoms with Crippen LogP contribution in [-0.4, -0.2) is 10.1 Å². The van der Waals surface area contributed by atoms with Crippen LogP contribution in [0.25, 0.3) is 10.8 Å². The molecule has 14 heavy (non-hydrogen) atoms. The fraction of sp³-hybridized carbons (Fsp3) is 0.100. The van der Waals surface area contributed by atoms with Gasteiger partial charge < -0.3 is 15.8 Å². The van der Waals surface area contributed by atoms with Crippen LogP contribution in [0.4, 0.5) is 5.69 Å². The maximum atomic E-state index is 11.5. The van der Waals surface area contributed by atoms with Gasteiger partial charge in [-0.25, -0.2) is 0 Å². The molecule has 0 aliphatic rings. The van der Waals surface area contributed by atoms with E-state index in [1.54, 1.807) is 13.0 Å². The maximum absolute atomic E-state index is 11.5. The lowest BCUT2D eigenvalue weighted by atomic mass is 10.1. The van der Waals surface area contributed by atoms with Crippen molar-refractivity contribution in [2.45, 2.75) is 6.92 Å². The Labute approximate surface area is 80.0 Å². The summed E-state index contributed by atoms with van der Waals surface area (Å²) in [4.78, 5) is 14.1. The second-order valence-electron chi connectivity index (χ2n) is 3.22. The summed E-state index contributed by atoms with van der Waals surface area (Å²) in [7, 11) is 0. The first-order chi connectivity index (χ1) is 6.59. The minimum Gasteiger partial charge on any atom is -0.508 e. The number of benzene rings is 1. The molecule has 1 aromatic carbocycles. The molecular formula is C10H10N2O2. The Morgan fingerprint density at radius 1 is 1.36 bits per heavy atom. The SMILES string of the molecule is Cc1[nH]c(=O)c2cc(O)ccc2c1N. The molecule has 0 bridgehead atoms. The number of aromatic hydroxyl groups is 1. The number of H-pyrrole nitrogens is 1. The van der Waals surface area contributed by atoms with E-state index in [9.17, 15) is 9.90 Å². The van der Waals surface area contributed by atoms with E-state index in [0.29, 0.717) is 22.2 Å². The summed E-state index contributed by atoms with van der Waals surface area (Å²) in [6.45, 7) is 1.74. The summed E-state index contributed by atoms with van der Waals surface area (Å²) in [5.74, 6) is 0.0613. The number of nitrogen functional groups attached to an aromatic ring is 1. The molecule has 2 rings (SSSR count). The molecule has 1 heterocycles. The minimum absolute atomic E-state index is 0.0613. The van der Waals surface area contributed by atoms with Gasteiger partial charge in [-0.1, -0.05) is 0 Å².